The highest BCUT2D eigenvalue weighted by Gasteiger charge is 2.24. The Morgan fingerprint density at radius 3 is 1.50 bits per heavy atom. The molecule has 0 aromatic rings. The Hall–Kier alpha value is -1.22. The van der Waals surface area contributed by atoms with Gasteiger partial charge in [-0.1, -0.05) is 6.92 Å². The Morgan fingerprint density at radius 2 is 1.42 bits per heavy atom. The third-order valence-electron chi connectivity index (χ3n) is 1.66. The van der Waals surface area contributed by atoms with Crippen LogP contribution in [-0.4, -0.2) is 21.9 Å². The molecular formula is C9H12O3. The van der Waals surface area contributed by atoms with Crippen molar-refractivity contribution in [3.05, 3.63) is 12.1 Å². The van der Waals surface area contributed by atoms with E-state index in [1.54, 1.807) is 12.1 Å². The molecule has 0 saturated heterocycles. The summed E-state index contributed by atoms with van der Waals surface area (Å²) in [6, 6.07) is 3.54. The maximum Gasteiger partial charge on any atom is 0.166 e. The minimum atomic E-state index is 0.0440. The smallest absolute Gasteiger partial charge is 0.166 e. The Bertz CT molecular complexity index is 252. The van der Waals surface area contributed by atoms with Gasteiger partial charge in [-0.25, -0.2) is 0 Å². The third-order valence-corrected chi connectivity index (χ3v) is 1.66. The van der Waals surface area contributed by atoms with E-state index in [2.05, 4.69) is 0 Å². The normalized spacial score (nSPS) is 10.2. The lowest BCUT2D eigenvalue weighted by Gasteiger charge is -2.18. The Kier molecular flexibility index (Phi) is 2.55. The van der Waals surface area contributed by atoms with Gasteiger partial charge in [0.25, 0.3) is 0 Å². The molecule has 0 saturated carbocycles. The number of fused-ring (bicyclic) bond motifs is 1. The average molecular weight is 168 g/mol. The summed E-state index contributed by atoms with van der Waals surface area (Å²) in [6.07, 6.45) is 0.875. The molecular weight excluding hydrogens is 156 g/mol. The molecule has 0 aromatic carbocycles. The number of phenolic OH excluding ortho intramolecular Hbond substituents is 2. The van der Waals surface area contributed by atoms with Gasteiger partial charge >= 0.3 is 0 Å². The van der Waals surface area contributed by atoms with Crippen LogP contribution in [0.3, 0.4) is 0 Å². The zero-order valence-electron chi connectivity index (χ0n) is 6.91. The maximum atomic E-state index is 8.73. The number of aromatic hydroxyl groups is 2. The van der Waals surface area contributed by atoms with E-state index in [1.807, 2.05) is 6.92 Å². The molecule has 0 heterocycles. The van der Waals surface area contributed by atoms with Gasteiger partial charge in [-0.15, -0.1) is 0 Å². The molecule has 0 spiro atoms. The highest BCUT2D eigenvalue weighted by molar-refractivity contribution is 5.92. The topological polar surface area (TPSA) is 60.7 Å². The first-order valence-corrected chi connectivity index (χ1v) is 3.88. The zero-order valence-corrected chi connectivity index (χ0v) is 6.91. The second-order valence-electron chi connectivity index (χ2n) is 2.58. The van der Waals surface area contributed by atoms with E-state index in [0.29, 0.717) is 6.61 Å². The fraction of sp³-hybridized carbons (Fsp3) is 0.333. The van der Waals surface area contributed by atoms with Gasteiger partial charge in [0, 0.05) is 17.7 Å². The quantitative estimate of drug-likeness (QED) is 0.565. The van der Waals surface area contributed by atoms with Gasteiger partial charge in [-0.3, -0.25) is 0 Å². The molecule has 3 nitrogen and oxygen atoms in total. The number of aliphatic hydroxyl groups excluding tert-OH is 1. The minimum absolute atomic E-state index is 0.0440. The van der Waals surface area contributed by atoms with Gasteiger partial charge in [0.2, 0.25) is 0 Å². The molecule has 12 heavy (non-hydrogen) atoms. The number of rotatable bonds is 1. The Balaban J connectivity index is 0.000000157. The number of phenols is 2. The first-order chi connectivity index (χ1) is 5.72. The standard InChI is InChI=1S/C6H4O2.C3H8O/c7-5-3-1-2-4(3)6(5)8;1-2-3-4/h1-2,7-8H;4H,2-3H2,1H3. The Morgan fingerprint density at radius 1 is 1.08 bits per heavy atom. The van der Waals surface area contributed by atoms with Crippen molar-refractivity contribution in [2.24, 2.45) is 0 Å². The van der Waals surface area contributed by atoms with Gasteiger partial charge < -0.3 is 15.3 Å². The van der Waals surface area contributed by atoms with Crippen LogP contribution >= 0.6 is 0 Å². The van der Waals surface area contributed by atoms with Gasteiger partial charge in [-0.2, -0.15) is 0 Å². The molecule has 0 fully saturated rings. The van der Waals surface area contributed by atoms with Crippen LogP contribution in [0.4, 0.5) is 0 Å². The first-order valence-electron chi connectivity index (χ1n) is 3.88. The molecule has 2 rings (SSSR count). The second-order valence-corrected chi connectivity index (χ2v) is 2.58. The summed E-state index contributed by atoms with van der Waals surface area (Å²) < 4.78 is 0. The van der Waals surface area contributed by atoms with Gasteiger partial charge in [0.15, 0.2) is 11.5 Å². The highest BCUT2D eigenvalue weighted by atomic mass is 16.3. The van der Waals surface area contributed by atoms with E-state index in [9.17, 15) is 0 Å². The summed E-state index contributed by atoms with van der Waals surface area (Å²) in [7, 11) is 0. The molecule has 66 valence electrons. The Labute approximate surface area is 70.9 Å². The van der Waals surface area contributed by atoms with Crippen molar-refractivity contribution < 1.29 is 15.3 Å². The lowest BCUT2D eigenvalue weighted by Crippen LogP contribution is -1.91. The molecule has 2 aliphatic rings. The van der Waals surface area contributed by atoms with Crippen LogP contribution in [0, 0.1) is 0 Å². The van der Waals surface area contributed by atoms with Gasteiger partial charge in [-0.05, 0) is 18.6 Å². The molecule has 0 aromatic heterocycles. The van der Waals surface area contributed by atoms with Crippen molar-refractivity contribution in [3.8, 4) is 22.6 Å². The zero-order chi connectivity index (χ0) is 9.14. The minimum Gasteiger partial charge on any atom is -0.504 e. The van der Waals surface area contributed by atoms with Crippen molar-refractivity contribution in [1.82, 2.24) is 0 Å². The second kappa shape index (κ2) is 3.45. The number of hydrogen-bond acceptors (Lipinski definition) is 3. The molecule has 3 heteroatoms. The number of hydrogen-bond donors (Lipinski definition) is 3. The molecule has 0 atom stereocenters. The van der Waals surface area contributed by atoms with Crippen LogP contribution < -0.4 is 0 Å². The van der Waals surface area contributed by atoms with E-state index < -0.39 is 0 Å². The van der Waals surface area contributed by atoms with Crippen LogP contribution in [0.15, 0.2) is 12.1 Å². The SMILES string of the molecule is CCCO.Oc1c2ccc-2c1O. The summed E-state index contributed by atoms with van der Waals surface area (Å²) >= 11 is 0. The maximum absolute atomic E-state index is 8.73. The average Bonchev–Trinajstić information content (AvgIpc) is 2.03. The van der Waals surface area contributed by atoms with Crippen molar-refractivity contribution in [1.29, 1.82) is 0 Å². The lowest BCUT2D eigenvalue weighted by atomic mass is 9.90. The third kappa shape index (κ3) is 1.23. The fourth-order valence-corrected chi connectivity index (χ4v) is 0.856. The van der Waals surface area contributed by atoms with Crippen molar-refractivity contribution in [2.45, 2.75) is 13.3 Å². The molecule has 3 N–H and O–H groups in total. The van der Waals surface area contributed by atoms with Gasteiger partial charge in [0.1, 0.15) is 0 Å². The molecule has 0 unspecified atom stereocenters. The number of benzene rings is 1. The molecule has 2 aliphatic carbocycles. The monoisotopic (exact) mass is 168 g/mol. The summed E-state index contributed by atoms with van der Waals surface area (Å²) in [5.74, 6) is 0.0880. The summed E-state index contributed by atoms with van der Waals surface area (Å²) in [6.45, 7) is 2.25. The molecule has 0 radical (unpaired) electrons. The largest absolute Gasteiger partial charge is 0.504 e. The van der Waals surface area contributed by atoms with Gasteiger partial charge in [0.05, 0.1) is 0 Å². The first kappa shape index (κ1) is 8.87. The van der Waals surface area contributed by atoms with Crippen molar-refractivity contribution >= 4 is 0 Å². The van der Waals surface area contributed by atoms with E-state index in [4.69, 9.17) is 15.3 Å². The van der Waals surface area contributed by atoms with Crippen LogP contribution in [0.5, 0.6) is 11.5 Å². The van der Waals surface area contributed by atoms with Crippen molar-refractivity contribution in [3.63, 3.8) is 0 Å². The van der Waals surface area contributed by atoms with Crippen molar-refractivity contribution in [2.75, 3.05) is 6.61 Å². The fourth-order valence-electron chi connectivity index (χ4n) is 0.856. The summed E-state index contributed by atoms with van der Waals surface area (Å²) in [4.78, 5) is 0. The van der Waals surface area contributed by atoms with E-state index in [-0.39, 0.29) is 11.5 Å². The predicted molar refractivity (Wildman–Crippen MR) is 46.1 cm³/mol. The van der Waals surface area contributed by atoms with Crippen LogP contribution in [-0.2, 0) is 0 Å². The van der Waals surface area contributed by atoms with Crippen LogP contribution in [0.25, 0.3) is 11.1 Å². The van der Waals surface area contributed by atoms with Crippen LogP contribution in [0.2, 0.25) is 0 Å². The molecule has 0 aliphatic heterocycles. The highest BCUT2D eigenvalue weighted by Crippen LogP contribution is 2.53. The van der Waals surface area contributed by atoms with E-state index in [0.717, 1.165) is 17.5 Å². The van der Waals surface area contributed by atoms with E-state index >= 15 is 0 Å². The lowest BCUT2D eigenvalue weighted by molar-refractivity contribution is 0.295. The van der Waals surface area contributed by atoms with Crippen LogP contribution in [0.1, 0.15) is 13.3 Å². The van der Waals surface area contributed by atoms with E-state index in [1.165, 1.54) is 0 Å². The number of aliphatic hydroxyl groups is 1. The predicted octanol–water partition coefficient (Wildman–Crippen LogP) is 1.47. The molecule has 0 amide bonds. The summed E-state index contributed by atoms with van der Waals surface area (Å²) in [5.41, 5.74) is 1.59. The summed E-state index contributed by atoms with van der Waals surface area (Å²) in [5, 5.41) is 25.3. The molecule has 0 bridgehead atoms.